The smallest absolute Gasteiger partial charge is 0.349 e. The first kappa shape index (κ1) is 24.8. The van der Waals surface area contributed by atoms with Crippen molar-refractivity contribution in [2.45, 2.75) is 6.42 Å². The zero-order chi connectivity index (χ0) is 26.8. The highest BCUT2D eigenvalue weighted by Crippen LogP contribution is 2.29. The Balaban J connectivity index is 1.40. The maximum atomic E-state index is 13.1. The van der Waals surface area contributed by atoms with Crippen molar-refractivity contribution in [3.05, 3.63) is 98.1 Å². The summed E-state index contributed by atoms with van der Waals surface area (Å²) >= 11 is 12.4. The molecular formula is C26H16Cl2N6O4. The number of hydrogen-bond acceptors (Lipinski definition) is 6. The van der Waals surface area contributed by atoms with Crippen molar-refractivity contribution in [3.8, 4) is 17.5 Å². The van der Waals surface area contributed by atoms with Crippen LogP contribution in [0.15, 0.2) is 70.0 Å². The van der Waals surface area contributed by atoms with Crippen LogP contribution in [0.2, 0.25) is 10.0 Å². The zero-order valence-corrected chi connectivity index (χ0v) is 20.8. The summed E-state index contributed by atoms with van der Waals surface area (Å²) in [6.07, 6.45) is -0.0332. The van der Waals surface area contributed by atoms with Gasteiger partial charge in [0.05, 0.1) is 34.9 Å². The molecule has 0 fully saturated rings. The molecule has 0 saturated heterocycles. The number of H-pyrrole nitrogens is 2. The predicted octanol–water partition coefficient (Wildman–Crippen LogP) is 5.12. The maximum Gasteiger partial charge on any atom is 0.439 e. The number of halogens is 2. The van der Waals surface area contributed by atoms with Gasteiger partial charge in [-0.1, -0.05) is 46.6 Å². The minimum Gasteiger partial charge on any atom is -0.349 e. The summed E-state index contributed by atoms with van der Waals surface area (Å²) in [4.78, 5) is 42.8. The normalized spacial score (nSPS) is 10.8. The number of nitriles is 1. The number of amides is 2. The van der Waals surface area contributed by atoms with Gasteiger partial charge in [-0.3, -0.25) is 19.1 Å². The third-order valence-corrected chi connectivity index (χ3v) is 6.37. The Labute approximate surface area is 224 Å². The van der Waals surface area contributed by atoms with Crippen LogP contribution in [-0.2, 0) is 11.2 Å². The number of hydrogen-bond donors (Lipinski definition) is 4. The molecule has 12 heteroatoms. The van der Waals surface area contributed by atoms with E-state index in [2.05, 4.69) is 30.3 Å². The van der Waals surface area contributed by atoms with Crippen molar-refractivity contribution in [1.29, 1.82) is 5.26 Å². The highest BCUT2D eigenvalue weighted by Gasteiger charge is 2.18. The van der Waals surface area contributed by atoms with Gasteiger partial charge in [0.1, 0.15) is 5.69 Å². The van der Waals surface area contributed by atoms with E-state index in [0.717, 1.165) is 0 Å². The second-order valence-electron chi connectivity index (χ2n) is 8.15. The number of aromatic nitrogens is 3. The number of para-hydroxylation sites is 1. The summed E-state index contributed by atoms with van der Waals surface area (Å²) in [6.45, 7) is 0. The summed E-state index contributed by atoms with van der Waals surface area (Å²) in [6, 6.07) is 18.4. The van der Waals surface area contributed by atoms with Gasteiger partial charge in [0.25, 0.3) is 5.91 Å². The average Bonchev–Trinajstić information content (AvgIpc) is 3.54. The zero-order valence-electron chi connectivity index (χ0n) is 19.3. The minimum absolute atomic E-state index is 0.0332. The van der Waals surface area contributed by atoms with Gasteiger partial charge in [-0.05, 0) is 48.0 Å². The van der Waals surface area contributed by atoms with Crippen molar-refractivity contribution in [2.24, 2.45) is 0 Å². The standard InChI is InChI=1S/C26H16Cl2N6O4/c27-17-4-2-5-18(28)15(17)11-22(35)30-20-6-1-3-14-10-21(31-23(14)20)25(36)32-19-8-7-13(12-29)9-16(19)24-33-26(37)38-34-24/h1-10,31H,11H2,(H,30,35)(H,32,36)(H,33,34,37). The number of nitrogens with one attached hydrogen (secondary N) is 4. The molecule has 0 atom stereocenters. The molecule has 38 heavy (non-hydrogen) atoms. The second kappa shape index (κ2) is 10.3. The van der Waals surface area contributed by atoms with Gasteiger partial charge >= 0.3 is 5.76 Å². The fourth-order valence-corrected chi connectivity index (χ4v) is 4.42. The number of anilines is 2. The highest BCUT2D eigenvalue weighted by molar-refractivity contribution is 6.36. The maximum absolute atomic E-state index is 13.1. The summed E-state index contributed by atoms with van der Waals surface area (Å²) in [7, 11) is 0. The Morgan fingerprint density at radius 2 is 1.74 bits per heavy atom. The van der Waals surface area contributed by atoms with E-state index in [4.69, 9.17) is 23.2 Å². The van der Waals surface area contributed by atoms with E-state index >= 15 is 0 Å². The van der Waals surface area contributed by atoms with Gasteiger partial charge < -0.3 is 15.6 Å². The third kappa shape index (κ3) is 5.01. The van der Waals surface area contributed by atoms with E-state index in [1.54, 1.807) is 42.5 Å². The highest BCUT2D eigenvalue weighted by atomic mass is 35.5. The molecule has 2 heterocycles. The van der Waals surface area contributed by atoms with Gasteiger partial charge in [-0.25, -0.2) is 4.79 Å². The van der Waals surface area contributed by atoms with E-state index < -0.39 is 11.7 Å². The largest absolute Gasteiger partial charge is 0.439 e. The number of benzene rings is 3. The van der Waals surface area contributed by atoms with E-state index in [1.165, 1.54) is 18.2 Å². The van der Waals surface area contributed by atoms with Crippen molar-refractivity contribution < 1.29 is 14.1 Å². The summed E-state index contributed by atoms with van der Waals surface area (Å²) < 4.78 is 4.56. The monoisotopic (exact) mass is 546 g/mol. The van der Waals surface area contributed by atoms with Gasteiger partial charge in [0.2, 0.25) is 5.91 Å². The molecule has 0 saturated carbocycles. The molecular weight excluding hydrogens is 531 g/mol. The Morgan fingerprint density at radius 3 is 2.45 bits per heavy atom. The molecule has 5 aromatic rings. The molecule has 0 aliphatic rings. The number of nitrogens with zero attached hydrogens (tertiary/aromatic N) is 2. The third-order valence-electron chi connectivity index (χ3n) is 5.67. The first-order chi connectivity index (χ1) is 18.3. The van der Waals surface area contributed by atoms with Crippen LogP contribution in [0.5, 0.6) is 0 Å². The summed E-state index contributed by atoms with van der Waals surface area (Å²) in [5.41, 5.74) is 2.61. The molecule has 0 unspecified atom stereocenters. The van der Waals surface area contributed by atoms with Crippen molar-refractivity contribution in [3.63, 3.8) is 0 Å². The minimum atomic E-state index is -0.776. The fraction of sp³-hybridized carbons (Fsp3) is 0.0385. The first-order valence-electron chi connectivity index (χ1n) is 11.1. The Kier molecular flexibility index (Phi) is 6.70. The molecule has 0 radical (unpaired) electrons. The van der Waals surface area contributed by atoms with E-state index in [9.17, 15) is 19.6 Å². The van der Waals surface area contributed by atoms with Crippen LogP contribution in [0.25, 0.3) is 22.3 Å². The number of aromatic amines is 2. The van der Waals surface area contributed by atoms with E-state index in [-0.39, 0.29) is 23.8 Å². The average molecular weight is 547 g/mol. The van der Waals surface area contributed by atoms with Crippen LogP contribution in [0.4, 0.5) is 11.4 Å². The van der Waals surface area contributed by atoms with Crippen molar-refractivity contribution in [2.75, 3.05) is 10.6 Å². The topological polar surface area (TPSA) is 157 Å². The molecule has 188 valence electrons. The van der Waals surface area contributed by atoms with Crippen molar-refractivity contribution >= 4 is 57.3 Å². The molecule has 5 rings (SSSR count). The molecule has 3 aromatic carbocycles. The quantitative estimate of drug-likeness (QED) is 0.231. The molecule has 0 aliphatic carbocycles. The van der Waals surface area contributed by atoms with Gasteiger partial charge in [0.15, 0.2) is 5.82 Å². The van der Waals surface area contributed by atoms with E-state index in [0.29, 0.717) is 49.0 Å². The van der Waals surface area contributed by atoms with Crippen LogP contribution < -0.4 is 16.4 Å². The van der Waals surface area contributed by atoms with Gasteiger partial charge in [-0.15, -0.1) is 0 Å². The molecule has 2 amide bonds. The molecule has 2 aromatic heterocycles. The number of carbonyl (C=O) groups excluding carboxylic acids is 2. The number of fused-ring (bicyclic) bond motifs is 1. The fourth-order valence-electron chi connectivity index (χ4n) is 3.89. The predicted molar refractivity (Wildman–Crippen MR) is 142 cm³/mol. The summed E-state index contributed by atoms with van der Waals surface area (Å²) in [5.74, 6) is -1.56. The number of carbonyl (C=O) groups is 2. The summed E-state index contributed by atoms with van der Waals surface area (Å²) in [5, 5.41) is 19.9. The lowest BCUT2D eigenvalue weighted by Gasteiger charge is -2.09. The van der Waals surface area contributed by atoms with Crippen LogP contribution >= 0.6 is 23.2 Å². The lowest BCUT2D eigenvalue weighted by molar-refractivity contribution is -0.115. The SMILES string of the molecule is N#Cc1ccc(NC(=O)c2cc3cccc(NC(=O)Cc4c(Cl)cccc4Cl)c3[nH]2)c(-c2noc(=O)[nH]2)c1. The lowest BCUT2D eigenvalue weighted by Crippen LogP contribution is -2.15. The lowest BCUT2D eigenvalue weighted by atomic mass is 10.1. The van der Waals surface area contributed by atoms with Crippen LogP contribution in [0.1, 0.15) is 21.6 Å². The second-order valence-corrected chi connectivity index (χ2v) is 8.96. The molecule has 0 bridgehead atoms. The molecule has 0 aliphatic heterocycles. The Hall–Kier alpha value is -4.85. The van der Waals surface area contributed by atoms with Gasteiger partial charge in [-0.2, -0.15) is 5.26 Å². The molecule has 0 spiro atoms. The Bertz CT molecular complexity index is 1790. The molecule has 4 N–H and O–H groups in total. The Morgan fingerprint density at radius 1 is 0.974 bits per heavy atom. The first-order valence-corrected chi connectivity index (χ1v) is 11.8. The van der Waals surface area contributed by atoms with Crippen molar-refractivity contribution in [1.82, 2.24) is 15.1 Å². The van der Waals surface area contributed by atoms with E-state index in [1.807, 2.05) is 6.07 Å². The van der Waals surface area contributed by atoms with Crippen LogP contribution in [-0.4, -0.2) is 26.9 Å². The van der Waals surface area contributed by atoms with Crippen LogP contribution in [0, 0.1) is 11.3 Å². The van der Waals surface area contributed by atoms with Gasteiger partial charge in [0, 0.05) is 21.0 Å². The molecule has 10 nitrogen and oxygen atoms in total. The number of rotatable bonds is 6. The van der Waals surface area contributed by atoms with Crippen LogP contribution in [0.3, 0.4) is 0 Å².